The number of hydrogen-bond donors (Lipinski definition) is 0. The molecular formula is C25H38O2. The molecule has 1 atom stereocenters. The minimum atomic E-state index is -0.126. The second-order valence-electron chi connectivity index (χ2n) is 8.03. The van der Waals surface area contributed by atoms with E-state index in [1.807, 2.05) is 12.1 Å². The minimum absolute atomic E-state index is 0.126. The summed E-state index contributed by atoms with van der Waals surface area (Å²) in [5, 5.41) is 0. The predicted molar refractivity (Wildman–Crippen MR) is 115 cm³/mol. The third kappa shape index (κ3) is 8.32. The predicted octanol–water partition coefficient (Wildman–Crippen LogP) is 7.72. The van der Waals surface area contributed by atoms with Crippen molar-refractivity contribution in [3.63, 3.8) is 0 Å². The van der Waals surface area contributed by atoms with Crippen LogP contribution in [-0.4, -0.2) is 5.97 Å². The topological polar surface area (TPSA) is 26.3 Å². The van der Waals surface area contributed by atoms with Gasteiger partial charge in [0.25, 0.3) is 0 Å². The molecule has 1 unspecified atom stereocenters. The summed E-state index contributed by atoms with van der Waals surface area (Å²) in [6.45, 7) is 4.36. The first kappa shape index (κ1) is 21.7. The third-order valence-electron chi connectivity index (χ3n) is 5.68. The Hall–Kier alpha value is -1.57. The highest BCUT2D eigenvalue weighted by atomic mass is 16.5. The molecular weight excluding hydrogens is 332 g/mol. The second-order valence-corrected chi connectivity index (χ2v) is 8.03. The van der Waals surface area contributed by atoms with Crippen LogP contribution in [0.5, 0.6) is 5.75 Å². The summed E-state index contributed by atoms with van der Waals surface area (Å²) >= 11 is 0. The fourth-order valence-corrected chi connectivity index (χ4v) is 3.87. The Bertz CT molecular complexity index is 570. The average molecular weight is 371 g/mol. The van der Waals surface area contributed by atoms with Crippen LogP contribution in [-0.2, 0) is 4.79 Å². The molecule has 1 aliphatic rings. The molecule has 2 nitrogen and oxygen atoms in total. The number of carbonyl (C=O) groups is 1. The van der Waals surface area contributed by atoms with E-state index in [-0.39, 0.29) is 5.97 Å². The van der Waals surface area contributed by atoms with Gasteiger partial charge in [0.1, 0.15) is 5.75 Å². The van der Waals surface area contributed by atoms with Crippen molar-refractivity contribution in [3.05, 3.63) is 35.9 Å². The maximum absolute atomic E-state index is 11.7. The highest BCUT2D eigenvalue weighted by molar-refractivity contribution is 5.73. The van der Waals surface area contributed by atoms with Crippen LogP contribution in [0.3, 0.4) is 0 Å². The molecule has 1 aliphatic carbocycles. The van der Waals surface area contributed by atoms with E-state index >= 15 is 0 Å². The molecule has 0 heterocycles. The fourth-order valence-electron chi connectivity index (χ4n) is 3.87. The number of hydrogen-bond acceptors (Lipinski definition) is 2. The number of unbranched alkanes of at least 4 members (excludes halogenated alkanes) is 6. The van der Waals surface area contributed by atoms with Crippen LogP contribution in [0.25, 0.3) is 5.57 Å². The highest BCUT2D eigenvalue weighted by Crippen LogP contribution is 2.33. The minimum Gasteiger partial charge on any atom is -0.427 e. The van der Waals surface area contributed by atoms with Gasteiger partial charge in [0.15, 0.2) is 0 Å². The SMILES string of the molecule is CCCCCCCCC1CC=C(c2ccc(OC(=O)CCCC)cc2)CC1. The molecule has 0 aliphatic heterocycles. The molecule has 27 heavy (non-hydrogen) atoms. The van der Waals surface area contributed by atoms with E-state index in [1.165, 1.54) is 75.3 Å². The Morgan fingerprint density at radius 2 is 1.67 bits per heavy atom. The van der Waals surface area contributed by atoms with Crippen molar-refractivity contribution in [3.8, 4) is 5.75 Å². The standard InChI is InChI=1S/C25H38O2/c1-3-5-7-8-9-10-11-21-13-15-22(16-14-21)23-17-19-24(20-18-23)27-25(26)12-6-4-2/h15,17-21H,3-14,16H2,1-2H3. The maximum atomic E-state index is 11.7. The molecule has 0 saturated heterocycles. The third-order valence-corrected chi connectivity index (χ3v) is 5.68. The van der Waals surface area contributed by atoms with Crippen molar-refractivity contribution in [2.24, 2.45) is 5.92 Å². The molecule has 0 amide bonds. The van der Waals surface area contributed by atoms with Crippen LogP contribution >= 0.6 is 0 Å². The highest BCUT2D eigenvalue weighted by Gasteiger charge is 2.15. The van der Waals surface area contributed by atoms with E-state index in [4.69, 9.17) is 4.74 Å². The Morgan fingerprint density at radius 1 is 0.963 bits per heavy atom. The molecule has 0 spiro atoms. The average Bonchev–Trinajstić information content (AvgIpc) is 2.70. The monoisotopic (exact) mass is 370 g/mol. The summed E-state index contributed by atoms with van der Waals surface area (Å²) in [6, 6.07) is 8.06. The van der Waals surface area contributed by atoms with Gasteiger partial charge < -0.3 is 4.74 Å². The van der Waals surface area contributed by atoms with Crippen molar-refractivity contribution >= 4 is 11.5 Å². The molecule has 0 N–H and O–H groups in total. The Balaban J connectivity index is 1.72. The normalized spacial score (nSPS) is 16.8. The number of ether oxygens (including phenoxy) is 1. The van der Waals surface area contributed by atoms with Gasteiger partial charge in [-0.2, -0.15) is 0 Å². The molecule has 1 aromatic rings. The van der Waals surface area contributed by atoms with Crippen molar-refractivity contribution in [2.75, 3.05) is 0 Å². The zero-order valence-electron chi connectivity index (χ0n) is 17.5. The maximum Gasteiger partial charge on any atom is 0.311 e. The summed E-state index contributed by atoms with van der Waals surface area (Å²) in [5.41, 5.74) is 2.74. The second kappa shape index (κ2) is 12.8. The zero-order valence-corrected chi connectivity index (χ0v) is 17.5. The lowest BCUT2D eigenvalue weighted by molar-refractivity contribution is -0.134. The summed E-state index contributed by atoms with van der Waals surface area (Å²) in [4.78, 5) is 11.7. The lowest BCUT2D eigenvalue weighted by Crippen LogP contribution is -2.07. The molecule has 150 valence electrons. The van der Waals surface area contributed by atoms with Crippen LogP contribution in [0.15, 0.2) is 30.3 Å². The zero-order chi connectivity index (χ0) is 19.3. The number of carbonyl (C=O) groups excluding carboxylic acids is 1. The van der Waals surface area contributed by atoms with Crippen molar-refractivity contribution in [1.29, 1.82) is 0 Å². The van der Waals surface area contributed by atoms with Crippen molar-refractivity contribution < 1.29 is 9.53 Å². The molecule has 0 bridgehead atoms. The Morgan fingerprint density at radius 3 is 2.33 bits per heavy atom. The van der Waals surface area contributed by atoms with Crippen LogP contribution in [0.4, 0.5) is 0 Å². The molecule has 0 radical (unpaired) electrons. The fraction of sp³-hybridized carbons (Fsp3) is 0.640. The first-order valence-corrected chi connectivity index (χ1v) is 11.2. The van der Waals surface area contributed by atoms with Crippen molar-refractivity contribution in [2.45, 2.75) is 97.3 Å². The lowest BCUT2D eigenvalue weighted by Gasteiger charge is -2.22. The van der Waals surface area contributed by atoms with Gasteiger partial charge in [0.2, 0.25) is 0 Å². The van der Waals surface area contributed by atoms with E-state index in [9.17, 15) is 4.79 Å². The van der Waals surface area contributed by atoms with Gasteiger partial charge in [-0.1, -0.05) is 83.4 Å². The number of benzene rings is 1. The lowest BCUT2D eigenvalue weighted by atomic mass is 9.84. The first-order chi connectivity index (χ1) is 13.2. The summed E-state index contributed by atoms with van der Waals surface area (Å²) in [7, 11) is 0. The molecule has 0 aromatic heterocycles. The van der Waals surface area contributed by atoms with Gasteiger partial charge in [0.05, 0.1) is 0 Å². The molecule has 2 heteroatoms. The summed E-state index contributed by atoms with van der Waals surface area (Å²) in [5.74, 6) is 1.41. The van der Waals surface area contributed by atoms with E-state index < -0.39 is 0 Å². The molecule has 1 aromatic carbocycles. The quantitative estimate of drug-likeness (QED) is 0.214. The van der Waals surface area contributed by atoms with Gasteiger partial charge in [0, 0.05) is 6.42 Å². The van der Waals surface area contributed by atoms with E-state index in [0.717, 1.165) is 18.8 Å². The van der Waals surface area contributed by atoms with Gasteiger partial charge in [-0.15, -0.1) is 0 Å². The number of rotatable bonds is 12. The Labute approximate surface area is 166 Å². The van der Waals surface area contributed by atoms with Gasteiger partial charge in [-0.25, -0.2) is 0 Å². The van der Waals surface area contributed by atoms with Crippen molar-refractivity contribution in [1.82, 2.24) is 0 Å². The van der Waals surface area contributed by atoms with Crippen LogP contribution in [0.1, 0.15) is 103 Å². The van der Waals surface area contributed by atoms with Gasteiger partial charge >= 0.3 is 5.97 Å². The smallest absolute Gasteiger partial charge is 0.311 e. The van der Waals surface area contributed by atoms with E-state index in [2.05, 4.69) is 32.1 Å². The molecule has 0 fully saturated rings. The Kier molecular flexibility index (Phi) is 10.3. The van der Waals surface area contributed by atoms with E-state index in [1.54, 1.807) is 0 Å². The largest absolute Gasteiger partial charge is 0.427 e. The summed E-state index contributed by atoms with van der Waals surface area (Å²) in [6.07, 6.45) is 18.3. The van der Waals surface area contributed by atoms with Crippen LogP contribution < -0.4 is 4.74 Å². The number of allylic oxidation sites excluding steroid dienone is 2. The molecule has 2 rings (SSSR count). The van der Waals surface area contributed by atoms with Crippen LogP contribution in [0.2, 0.25) is 0 Å². The van der Waals surface area contributed by atoms with Gasteiger partial charge in [-0.3, -0.25) is 4.79 Å². The summed E-state index contributed by atoms with van der Waals surface area (Å²) < 4.78 is 5.40. The molecule has 0 saturated carbocycles. The van der Waals surface area contributed by atoms with E-state index in [0.29, 0.717) is 12.2 Å². The number of esters is 1. The van der Waals surface area contributed by atoms with Gasteiger partial charge in [-0.05, 0) is 54.9 Å². The first-order valence-electron chi connectivity index (χ1n) is 11.2. The van der Waals surface area contributed by atoms with Crippen LogP contribution in [0, 0.1) is 5.92 Å².